The van der Waals surface area contributed by atoms with Crippen molar-refractivity contribution in [3.8, 4) is 11.5 Å². The maximum atomic E-state index is 13.6. The molecule has 0 unspecified atom stereocenters. The largest absolute Gasteiger partial charge is 0.490 e. The number of aryl methyl sites for hydroxylation is 1. The number of amides is 1. The van der Waals surface area contributed by atoms with Crippen LogP contribution < -0.4 is 14.9 Å². The van der Waals surface area contributed by atoms with Gasteiger partial charge in [-0.05, 0) is 57.0 Å². The molecule has 2 heterocycles. The predicted molar refractivity (Wildman–Crippen MR) is 125 cm³/mol. The number of carbonyl (C=O) groups excluding carboxylic acids is 1. The van der Waals surface area contributed by atoms with Gasteiger partial charge in [0.05, 0.1) is 30.2 Å². The highest BCUT2D eigenvalue weighted by Gasteiger charge is 2.42. The molecule has 0 radical (unpaired) electrons. The first kappa shape index (κ1) is 22.9. The van der Waals surface area contributed by atoms with Crippen molar-refractivity contribution in [2.45, 2.75) is 33.2 Å². The van der Waals surface area contributed by atoms with Crippen LogP contribution in [0.4, 0.5) is 0 Å². The first-order valence-electron chi connectivity index (χ1n) is 11.3. The van der Waals surface area contributed by atoms with Gasteiger partial charge in [-0.2, -0.15) is 0 Å². The van der Waals surface area contributed by atoms with Crippen LogP contribution in [0.5, 0.6) is 11.5 Å². The predicted octanol–water partition coefficient (Wildman–Crippen LogP) is 4.48. The van der Waals surface area contributed by atoms with E-state index in [9.17, 15) is 9.59 Å². The summed E-state index contributed by atoms with van der Waals surface area (Å²) in [6.07, 6.45) is 0.634. The van der Waals surface area contributed by atoms with E-state index >= 15 is 0 Å². The van der Waals surface area contributed by atoms with E-state index in [2.05, 4.69) is 0 Å². The van der Waals surface area contributed by atoms with E-state index in [1.165, 1.54) is 0 Å². The molecule has 0 fully saturated rings. The summed E-state index contributed by atoms with van der Waals surface area (Å²) in [5.41, 5.74) is 2.31. The molecule has 7 heteroatoms. The summed E-state index contributed by atoms with van der Waals surface area (Å²) in [6.45, 7) is 7.63. The van der Waals surface area contributed by atoms with Crippen LogP contribution >= 0.6 is 0 Å². The fourth-order valence-electron chi connectivity index (χ4n) is 4.33. The molecule has 174 valence electrons. The minimum absolute atomic E-state index is 0.102. The van der Waals surface area contributed by atoms with Gasteiger partial charge in [0.1, 0.15) is 5.58 Å². The van der Waals surface area contributed by atoms with Gasteiger partial charge in [-0.25, -0.2) is 0 Å². The van der Waals surface area contributed by atoms with Gasteiger partial charge >= 0.3 is 0 Å². The standard InChI is InChI=1S/C26H29NO6/c1-5-31-20-11-9-17(15-21(20)32-6-2)23-22-24(28)18-14-16(3)8-10-19(18)33-25(22)26(29)27(23)12-7-13-30-4/h8-11,14-15,23H,5-7,12-13H2,1-4H3/t23-/m1/s1. The van der Waals surface area contributed by atoms with Crippen LogP contribution in [0, 0.1) is 6.92 Å². The Balaban J connectivity index is 1.90. The van der Waals surface area contributed by atoms with Crippen molar-refractivity contribution in [1.82, 2.24) is 4.90 Å². The van der Waals surface area contributed by atoms with Gasteiger partial charge in [0.25, 0.3) is 5.91 Å². The zero-order valence-electron chi connectivity index (χ0n) is 19.5. The minimum Gasteiger partial charge on any atom is -0.490 e. The number of fused-ring (bicyclic) bond motifs is 2. The minimum atomic E-state index is -0.583. The van der Waals surface area contributed by atoms with Gasteiger partial charge in [0.15, 0.2) is 16.9 Å². The molecule has 7 nitrogen and oxygen atoms in total. The van der Waals surface area contributed by atoms with Crippen LogP contribution in [0.25, 0.3) is 11.0 Å². The van der Waals surface area contributed by atoms with Crippen LogP contribution in [0.15, 0.2) is 45.6 Å². The Morgan fingerprint density at radius 2 is 1.76 bits per heavy atom. The van der Waals surface area contributed by atoms with Crippen molar-refractivity contribution >= 4 is 16.9 Å². The average Bonchev–Trinajstić information content (AvgIpc) is 3.08. The smallest absolute Gasteiger partial charge is 0.290 e. The Hall–Kier alpha value is -3.32. The Morgan fingerprint density at radius 3 is 2.48 bits per heavy atom. The lowest BCUT2D eigenvalue weighted by Crippen LogP contribution is -2.31. The first-order valence-corrected chi connectivity index (χ1v) is 11.3. The van der Waals surface area contributed by atoms with Crippen molar-refractivity contribution in [2.75, 3.05) is 33.5 Å². The number of carbonyl (C=O) groups is 1. The van der Waals surface area contributed by atoms with E-state index in [4.69, 9.17) is 18.6 Å². The fraction of sp³-hybridized carbons (Fsp3) is 0.385. The Labute approximate surface area is 192 Å². The normalized spacial score (nSPS) is 15.2. The van der Waals surface area contributed by atoms with E-state index in [-0.39, 0.29) is 17.1 Å². The molecule has 1 aromatic heterocycles. The molecule has 0 saturated carbocycles. The number of methoxy groups -OCH3 is 1. The zero-order chi connectivity index (χ0) is 23.5. The van der Waals surface area contributed by atoms with Crippen LogP contribution in [-0.4, -0.2) is 44.3 Å². The molecule has 1 amide bonds. The van der Waals surface area contributed by atoms with Gasteiger partial charge in [-0.1, -0.05) is 17.7 Å². The van der Waals surface area contributed by atoms with Crippen LogP contribution in [-0.2, 0) is 4.74 Å². The monoisotopic (exact) mass is 451 g/mol. The van der Waals surface area contributed by atoms with E-state index in [1.54, 1.807) is 24.1 Å². The third-order valence-corrected chi connectivity index (χ3v) is 5.75. The molecule has 1 aliphatic rings. The summed E-state index contributed by atoms with van der Waals surface area (Å²) in [4.78, 5) is 28.7. The molecule has 0 spiro atoms. The Bertz CT molecular complexity index is 1230. The summed E-state index contributed by atoms with van der Waals surface area (Å²) in [7, 11) is 1.62. The molecule has 0 N–H and O–H groups in total. The number of hydrogen-bond acceptors (Lipinski definition) is 6. The van der Waals surface area contributed by atoms with Crippen LogP contribution in [0.3, 0.4) is 0 Å². The second kappa shape index (κ2) is 9.67. The average molecular weight is 452 g/mol. The molecular weight excluding hydrogens is 422 g/mol. The van der Waals surface area contributed by atoms with Crippen LogP contribution in [0.1, 0.15) is 53.6 Å². The summed E-state index contributed by atoms with van der Waals surface area (Å²) >= 11 is 0. The number of nitrogens with zero attached hydrogens (tertiary/aromatic N) is 1. The van der Waals surface area contributed by atoms with Gasteiger partial charge in [-0.15, -0.1) is 0 Å². The van der Waals surface area contributed by atoms with Crippen LogP contribution in [0.2, 0.25) is 0 Å². The SMILES string of the molecule is CCOc1ccc([C@@H]2c3c(oc4ccc(C)cc4c3=O)C(=O)N2CCCOC)cc1OCC. The zero-order valence-corrected chi connectivity index (χ0v) is 19.5. The fourth-order valence-corrected chi connectivity index (χ4v) is 4.33. The molecule has 33 heavy (non-hydrogen) atoms. The second-order valence-electron chi connectivity index (χ2n) is 7.99. The highest BCUT2D eigenvalue weighted by Crippen LogP contribution is 2.41. The molecule has 0 aliphatic carbocycles. The molecule has 1 aliphatic heterocycles. The highest BCUT2D eigenvalue weighted by atomic mass is 16.5. The Kier molecular flexibility index (Phi) is 6.70. The van der Waals surface area contributed by atoms with Gasteiger partial charge < -0.3 is 23.5 Å². The maximum Gasteiger partial charge on any atom is 0.290 e. The number of hydrogen-bond donors (Lipinski definition) is 0. The highest BCUT2D eigenvalue weighted by molar-refractivity contribution is 5.99. The molecule has 3 aromatic rings. The first-order chi connectivity index (χ1) is 16.0. The number of rotatable bonds is 9. The lowest BCUT2D eigenvalue weighted by atomic mass is 9.97. The van der Waals surface area contributed by atoms with E-state index in [0.717, 1.165) is 11.1 Å². The van der Waals surface area contributed by atoms with Crippen molar-refractivity contribution < 1.29 is 23.4 Å². The quantitative estimate of drug-likeness (QED) is 0.447. The summed E-state index contributed by atoms with van der Waals surface area (Å²) in [6, 6.07) is 10.4. The van der Waals surface area contributed by atoms with E-state index < -0.39 is 6.04 Å². The molecule has 2 aromatic carbocycles. The summed E-state index contributed by atoms with van der Waals surface area (Å²) < 4.78 is 22.7. The maximum absolute atomic E-state index is 13.6. The van der Waals surface area contributed by atoms with E-state index in [1.807, 2.05) is 45.0 Å². The molecule has 0 saturated heterocycles. The van der Waals surface area contributed by atoms with Gasteiger partial charge in [0, 0.05) is 20.3 Å². The van der Waals surface area contributed by atoms with Crippen molar-refractivity contribution in [2.24, 2.45) is 0 Å². The lowest BCUT2D eigenvalue weighted by Gasteiger charge is -2.25. The molecule has 1 atom stereocenters. The Morgan fingerprint density at radius 1 is 1.00 bits per heavy atom. The molecule has 4 rings (SSSR count). The van der Waals surface area contributed by atoms with Crippen molar-refractivity contribution in [1.29, 1.82) is 0 Å². The van der Waals surface area contributed by atoms with E-state index in [0.29, 0.717) is 60.8 Å². The number of ether oxygens (including phenoxy) is 3. The number of benzene rings is 2. The summed E-state index contributed by atoms with van der Waals surface area (Å²) in [5, 5.41) is 0.473. The van der Waals surface area contributed by atoms with Crippen molar-refractivity contribution in [3.05, 3.63) is 69.1 Å². The summed E-state index contributed by atoms with van der Waals surface area (Å²) in [5.74, 6) is 1.01. The van der Waals surface area contributed by atoms with Gasteiger partial charge in [0.2, 0.25) is 5.76 Å². The topological polar surface area (TPSA) is 78.2 Å². The second-order valence-corrected chi connectivity index (χ2v) is 7.99. The lowest BCUT2D eigenvalue weighted by molar-refractivity contribution is 0.0707. The van der Waals surface area contributed by atoms with Gasteiger partial charge in [-0.3, -0.25) is 9.59 Å². The molecular formula is C26H29NO6. The third-order valence-electron chi connectivity index (χ3n) is 5.75. The molecule has 0 bridgehead atoms. The van der Waals surface area contributed by atoms with Crippen molar-refractivity contribution in [3.63, 3.8) is 0 Å². The third kappa shape index (κ3) is 4.20.